The molecular formula is C20H22O4S. The molecule has 0 fully saturated rings. The van der Waals surface area contributed by atoms with E-state index in [4.69, 9.17) is 9.84 Å². The van der Waals surface area contributed by atoms with Gasteiger partial charge in [0, 0.05) is 16.9 Å². The van der Waals surface area contributed by atoms with Crippen LogP contribution in [0.15, 0.2) is 53.4 Å². The third-order valence-electron chi connectivity index (χ3n) is 3.84. The van der Waals surface area contributed by atoms with E-state index in [9.17, 15) is 9.59 Å². The Kier molecular flexibility index (Phi) is 6.26. The van der Waals surface area contributed by atoms with E-state index in [2.05, 4.69) is 0 Å². The molecule has 0 unspecified atom stereocenters. The van der Waals surface area contributed by atoms with Crippen molar-refractivity contribution in [1.82, 2.24) is 0 Å². The van der Waals surface area contributed by atoms with E-state index >= 15 is 0 Å². The number of ether oxygens (including phenoxy) is 1. The summed E-state index contributed by atoms with van der Waals surface area (Å²) in [5, 5.41) is 9.14. The van der Waals surface area contributed by atoms with Crippen LogP contribution in [-0.4, -0.2) is 28.7 Å². The fourth-order valence-corrected chi connectivity index (χ4v) is 2.69. The van der Waals surface area contributed by atoms with Gasteiger partial charge in [0.2, 0.25) is 0 Å². The second-order valence-corrected chi connectivity index (χ2v) is 7.10. The van der Waals surface area contributed by atoms with Gasteiger partial charge in [0.25, 0.3) is 0 Å². The summed E-state index contributed by atoms with van der Waals surface area (Å²) in [6, 6.07) is 14.8. The Morgan fingerprint density at radius 1 is 1.12 bits per heavy atom. The molecule has 0 aromatic heterocycles. The first-order valence-corrected chi connectivity index (χ1v) is 9.23. The van der Waals surface area contributed by atoms with Crippen LogP contribution in [0.3, 0.4) is 0 Å². The van der Waals surface area contributed by atoms with Crippen LogP contribution >= 0.6 is 11.8 Å². The Balaban J connectivity index is 1.99. The molecule has 0 aliphatic heterocycles. The van der Waals surface area contributed by atoms with E-state index in [0.29, 0.717) is 24.2 Å². The zero-order valence-electron chi connectivity index (χ0n) is 14.6. The van der Waals surface area contributed by atoms with Crippen LogP contribution in [0, 0.1) is 0 Å². The fourth-order valence-electron chi connectivity index (χ4n) is 2.28. The number of carbonyl (C=O) groups excluding carboxylic acids is 1. The van der Waals surface area contributed by atoms with Crippen molar-refractivity contribution in [2.45, 2.75) is 37.2 Å². The highest BCUT2D eigenvalue weighted by Crippen LogP contribution is 2.21. The van der Waals surface area contributed by atoms with Gasteiger partial charge in [0.1, 0.15) is 5.75 Å². The summed E-state index contributed by atoms with van der Waals surface area (Å²) in [5.41, 5.74) is 0.345. The molecule has 0 radical (unpaired) electrons. The van der Waals surface area contributed by atoms with E-state index < -0.39 is 11.6 Å². The first-order chi connectivity index (χ1) is 11.8. The van der Waals surface area contributed by atoms with Crippen molar-refractivity contribution in [3.63, 3.8) is 0 Å². The number of hydrogen-bond acceptors (Lipinski definition) is 4. The molecule has 0 bridgehead atoms. The minimum Gasteiger partial charge on any atom is -0.478 e. The minimum atomic E-state index is -1.30. The van der Waals surface area contributed by atoms with Crippen molar-refractivity contribution in [1.29, 1.82) is 0 Å². The van der Waals surface area contributed by atoms with Gasteiger partial charge in [-0.15, -0.1) is 11.8 Å². The van der Waals surface area contributed by atoms with E-state index in [0.717, 1.165) is 10.5 Å². The monoisotopic (exact) mass is 358 g/mol. The minimum absolute atomic E-state index is 0.0878. The first kappa shape index (κ1) is 19.1. The molecule has 2 aromatic rings. The summed E-state index contributed by atoms with van der Waals surface area (Å²) in [6.45, 7) is 3.01. The fraction of sp³-hybridized carbons (Fsp3) is 0.300. The lowest BCUT2D eigenvalue weighted by atomic mass is 10.0. The number of aliphatic carboxylic acids is 1. The van der Waals surface area contributed by atoms with Crippen LogP contribution in [0.25, 0.3) is 0 Å². The lowest BCUT2D eigenvalue weighted by Gasteiger charge is -2.21. The standard InChI is InChI=1S/C20H22O4S/c1-20(2,19(22)23)24-16-6-4-5-14(13-16)7-12-18(21)15-8-10-17(25-3)11-9-15/h4-6,8-11,13H,7,12H2,1-3H3,(H,22,23). The topological polar surface area (TPSA) is 63.6 Å². The molecule has 0 aliphatic rings. The Morgan fingerprint density at radius 3 is 2.40 bits per heavy atom. The van der Waals surface area contributed by atoms with Crippen LogP contribution in [-0.2, 0) is 11.2 Å². The normalized spacial score (nSPS) is 11.2. The van der Waals surface area contributed by atoms with E-state index in [1.54, 1.807) is 30.0 Å². The predicted molar refractivity (Wildman–Crippen MR) is 99.7 cm³/mol. The van der Waals surface area contributed by atoms with E-state index in [1.165, 1.54) is 13.8 Å². The van der Waals surface area contributed by atoms with Crippen LogP contribution < -0.4 is 4.74 Å². The number of carbonyl (C=O) groups is 2. The third-order valence-corrected chi connectivity index (χ3v) is 4.58. The molecule has 25 heavy (non-hydrogen) atoms. The van der Waals surface area contributed by atoms with Crippen molar-refractivity contribution in [2.24, 2.45) is 0 Å². The number of carboxylic acid groups (broad SMARTS) is 1. The highest BCUT2D eigenvalue weighted by atomic mass is 32.2. The molecule has 4 nitrogen and oxygen atoms in total. The molecule has 0 saturated carbocycles. The lowest BCUT2D eigenvalue weighted by molar-refractivity contribution is -0.152. The van der Waals surface area contributed by atoms with Gasteiger partial charge >= 0.3 is 5.97 Å². The van der Waals surface area contributed by atoms with E-state index in [1.807, 2.05) is 36.6 Å². The molecule has 0 amide bonds. The molecule has 0 atom stereocenters. The molecule has 0 heterocycles. The van der Waals surface area contributed by atoms with Gasteiger partial charge in [-0.1, -0.05) is 24.3 Å². The molecular weight excluding hydrogens is 336 g/mol. The maximum atomic E-state index is 12.3. The molecule has 1 N–H and O–H groups in total. The van der Waals surface area contributed by atoms with Gasteiger partial charge in [-0.2, -0.15) is 0 Å². The van der Waals surface area contributed by atoms with Crippen LogP contribution in [0.1, 0.15) is 36.2 Å². The Labute approximate surface area is 152 Å². The smallest absolute Gasteiger partial charge is 0.347 e. The second kappa shape index (κ2) is 8.21. The van der Waals surface area contributed by atoms with Crippen molar-refractivity contribution in [3.05, 3.63) is 59.7 Å². The quantitative estimate of drug-likeness (QED) is 0.557. The molecule has 2 rings (SSSR count). The average Bonchev–Trinajstić information content (AvgIpc) is 2.59. The number of Topliss-reactive ketones (excluding diaryl/α,β-unsaturated/α-hetero) is 1. The maximum absolute atomic E-state index is 12.3. The van der Waals surface area contributed by atoms with Crippen LogP contribution in [0.4, 0.5) is 0 Å². The van der Waals surface area contributed by atoms with Crippen LogP contribution in [0.2, 0.25) is 0 Å². The lowest BCUT2D eigenvalue weighted by Crippen LogP contribution is -2.37. The summed E-state index contributed by atoms with van der Waals surface area (Å²) in [6.07, 6.45) is 2.97. The summed E-state index contributed by atoms with van der Waals surface area (Å²) in [7, 11) is 0. The predicted octanol–water partition coefficient (Wildman–Crippen LogP) is 4.47. The van der Waals surface area contributed by atoms with Crippen molar-refractivity contribution >= 4 is 23.5 Å². The SMILES string of the molecule is CSc1ccc(C(=O)CCc2cccc(OC(C)(C)C(=O)O)c2)cc1. The van der Waals surface area contributed by atoms with Gasteiger partial charge in [-0.3, -0.25) is 4.79 Å². The highest BCUT2D eigenvalue weighted by molar-refractivity contribution is 7.98. The number of thioether (sulfide) groups is 1. The number of rotatable bonds is 8. The summed E-state index contributed by atoms with van der Waals surface area (Å²) < 4.78 is 5.53. The Bertz CT molecular complexity index is 751. The molecule has 0 spiro atoms. The van der Waals surface area contributed by atoms with Crippen molar-refractivity contribution < 1.29 is 19.4 Å². The number of carboxylic acids is 1. The molecule has 5 heteroatoms. The number of aryl methyl sites for hydroxylation is 1. The van der Waals surface area contributed by atoms with E-state index in [-0.39, 0.29) is 5.78 Å². The maximum Gasteiger partial charge on any atom is 0.347 e. The van der Waals surface area contributed by atoms with Crippen LogP contribution in [0.5, 0.6) is 5.75 Å². The van der Waals surface area contributed by atoms with Gasteiger partial charge < -0.3 is 9.84 Å². The van der Waals surface area contributed by atoms with Gasteiger partial charge in [-0.05, 0) is 56.4 Å². The summed E-state index contributed by atoms with van der Waals surface area (Å²) in [4.78, 5) is 24.6. The van der Waals surface area contributed by atoms with Gasteiger partial charge in [0.05, 0.1) is 0 Å². The zero-order chi connectivity index (χ0) is 18.4. The Hall–Kier alpha value is -2.27. The molecule has 2 aromatic carbocycles. The van der Waals surface area contributed by atoms with Crippen molar-refractivity contribution in [3.8, 4) is 5.75 Å². The number of hydrogen-bond donors (Lipinski definition) is 1. The largest absolute Gasteiger partial charge is 0.478 e. The summed E-state index contributed by atoms with van der Waals surface area (Å²) >= 11 is 1.64. The second-order valence-electron chi connectivity index (χ2n) is 6.22. The number of benzene rings is 2. The first-order valence-electron chi connectivity index (χ1n) is 8.00. The molecule has 132 valence electrons. The molecule has 0 aliphatic carbocycles. The number of ketones is 1. The highest BCUT2D eigenvalue weighted by Gasteiger charge is 2.29. The zero-order valence-corrected chi connectivity index (χ0v) is 15.4. The van der Waals surface area contributed by atoms with Gasteiger partial charge in [-0.25, -0.2) is 4.79 Å². The molecule has 0 saturated heterocycles. The van der Waals surface area contributed by atoms with Gasteiger partial charge in [0.15, 0.2) is 11.4 Å². The Morgan fingerprint density at radius 2 is 1.80 bits per heavy atom. The third kappa shape index (κ3) is 5.36. The average molecular weight is 358 g/mol. The van der Waals surface area contributed by atoms with Crippen molar-refractivity contribution in [2.75, 3.05) is 6.26 Å². The summed E-state index contributed by atoms with van der Waals surface area (Å²) in [5.74, 6) is -0.451.